The standard InChI is InChI=1S/C37H42ClN5O6S/c1-23-6-4-8-32(44)28-12-9-26(28)18-43-21-37(15-5-7-24-16-27(38)11-13-30(24)37)22-49-33-14-10-25(17-31(33)43)34(45)40-50(47,20-23)41-35(46)29-19-42(2)39-36(29)48-3/h4,8,10-11,13-14,16-17,19,23,26,28H,5-7,9,12,15,18,20-22H2,1-3H3,(H,40,41,45,46,47)/b8-4+/t23-,26-,28+,37+,50?/m0/s1. The molecule has 1 saturated carbocycles. The Kier molecular flexibility index (Phi) is 9.27. The van der Waals surface area contributed by atoms with E-state index in [4.69, 9.17) is 21.1 Å². The highest BCUT2D eigenvalue weighted by molar-refractivity contribution is 7.92. The summed E-state index contributed by atoms with van der Waals surface area (Å²) in [5.41, 5.74) is 3.15. The number of hydrogen-bond donors (Lipinski definition) is 1. The van der Waals surface area contributed by atoms with Crippen LogP contribution in [0.2, 0.25) is 5.02 Å². The minimum Gasteiger partial charge on any atom is -0.490 e. The van der Waals surface area contributed by atoms with E-state index < -0.39 is 21.7 Å². The Balaban J connectivity index is 1.30. The van der Waals surface area contributed by atoms with Crippen LogP contribution >= 0.6 is 11.6 Å². The lowest BCUT2D eigenvalue weighted by Gasteiger charge is -2.44. The Morgan fingerprint density at radius 2 is 2.02 bits per heavy atom. The Morgan fingerprint density at radius 3 is 2.80 bits per heavy atom. The van der Waals surface area contributed by atoms with Gasteiger partial charge in [-0.15, -0.1) is 9.46 Å². The summed E-state index contributed by atoms with van der Waals surface area (Å²) in [6.45, 7) is 3.56. The number of allylic oxidation sites excluding steroid dienone is 2. The third-order valence-electron chi connectivity index (χ3n) is 10.6. The molecule has 1 aromatic heterocycles. The summed E-state index contributed by atoms with van der Waals surface area (Å²) >= 11 is 6.42. The number of aromatic nitrogens is 2. The largest absolute Gasteiger partial charge is 0.490 e. The Hall–Kier alpha value is -4.16. The lowest BCUT2D eigenvalue weighted by Crippen LogP contribution is -2.49. The molecule has 1 spiro atoms. The molecule has 1 unspecified atom stereocenters. The van der Waals surface area contributed by atoms with E-state index >= 15 is 0 Å². The van der Waals surface area contributed by atoms with Crippen molar-refractivity contribution < 1.29 is 28.1 Å². The molecular weight excluding hydrogens is 678 g/mol. The van der Waals surface area contributed by atoms with Crippen LogP contribution in [0.4, 0.5) is 5.69 Å². The normalized spacial score (nSPS) is 28.6. The zero-order valence-electron chi connectivity index (χ0n) is 28.5. The van der Waals surface area contributed by atoms with E-state index in [1.807, 2.05) is 13.0 Å². The summed E-state index contributed by atoms with van der Waals surface area (Å²) < 4.78 is 34.4. The maximum atomic E-state index is 14.5. The predicted molar refractivity (Wildman–Crippen MR) is 191 cm³/mol. The Labute approximate surface area is 297 Å². The molecule has 2 aliphatic carbocycles. The molecule has 2 aliphatic heterocycles. The minimum absolute atomic E-state index is 0.0589. The molecule has 0 saturated heterocycles. The molecule has 3 aromatic rings. The number of benzene rings is 2. The van der Waals surface area contributed by atoms with Crippen LogP contribution in [0.5, 0.6) is 11.6 Å². The second-order valence-corrected chi connectivity index (χ2v) is 16.7. The average molecular weight is 720 g/mol. The van der Waals surface area contributed by atoms with Crippen molar-refractivity contribution in [3.05, 3.63) is 82.0 Å². The van der Waals surface area contributed by atoms with Gasteiger partial charge in [-0.1, -0.05) is 30.7 Å². The first-order chi connectivity index (χ1) is 24.0. The number of ether oxygens (including phenoxy) is 2. The number of fused-ring (bicyclic) bond motifs is 4. The first kappa shape index (κ1) is 34.3. The molecule has 5 atom stereocenters. The average Bonchev–Trinajstić information content (AvgIpc) is 3.37. The van der Waals surface area contributed by atoms with Gasteiger partial charge in [-0.2, -0.15) is 0 Å². The molecule has 4 aliphatic rings. The maximum Gasteiger partial charge on any atom is 0.286 e. The number of methoxy groups -OCH3 is 1. The van der Waals surface area contributed by atoms with Gasteiger partial charge in [0.05, 0.1) is 25.2 Å². The highest BCUT2D eigenvalue weighted by Crippen LogP contribution is 2.46. The molecule has 2 aromatic carbocycles. The van der Waals surface area contributed by atoms with Gasteiger partial charge in [0, 0.05) is 48.3 Å². The van der Waals surface area contributed by atoms with Crippen LogP contribution in [0, 0.1) is 17.8 Å². The summed E-state index contributed by atoms with van der Waals surface area (Å²) in [6.07, 6.45) is 9.93. The van der Waals surface area contributed by atoms with Crippen molar-refractivity contribution >= 4 is 44.8 Å². The number of rotatable bonds is 3. The molecule has 0 radical (unpaired) electrons. The second-order valence-electron chi connectivity index (χ2n) is 14.2. The first-order valence-corrected chi connectivity index (χ1v) is 19.2. The number of aryl methyl sites for hydroxylation is 2. The van der Waals surface area contributed by atoms with Gasteiger partial charge in [-0.3, -0.25) is 23.8 Å². The minimum atomic E-state index is -3.64. The van der Waals surface area contributed by atoms with Gasteiger partial charge in [0.15, 0.2) is 5.78 Å². The maximum absolute atomic E-state index is 14.5. The third-order valence-corrected chi connectivity index (χ3v) is 12.8. The number of nitrogens with zero attached hydrogens (tertiary/aromatic N) is 4. The van der Waals surface area contributed by atoms with E-state index in [0.29, 0.717) is 36.9 Å². The molecule has 13 heteroatoms. The summed E-state index contributed by atoms with van der Waals surface area (Å²) in [5, 5.41) is 4.83. The predicted octanol–water partition coefficient (Wildman–Crippen LogP) is 5.70. The van der Waals surface area contributed by atoms with Gasteiger partial charge in [-0.25, -0.2) is 4.21 Å². The smallest absolute Gasteiger partial charge is 0.286 e. The van der Waals surface area contributed by atoms with Gasteiger partial charge in [0.2, 0.25) is 5.88 Å². The zero-order chi connectivity index (χ0) is 35.2. The molecule has 264 valence electrons. The van der Waals surface area contributed by atoms with Crippen LogP contribution in [0.1, 0.15) is 70.9 Å². The summed E-state index contributed by atoms with van der Waals surface area (Å²) in [4.78, 5) is 43.1. The SMILES string of the molecule is COc1nn(C)cc1C(=O)NS1(=O)=NC(=O)c2ccc3c(c2)N(C[C@@H]2CC[C@H]2C(=O)/C=C/C[C@H](C)C1)C[C@]1(CCCc2cc(Cl)ccc21)CO3. The van der Waals surface area contributed by atoms with E-state index in [-0.39, 0.29) is 51.7 Å². The fraction of sp³-hybridized carbons (Fsp3) is 0.459. The summed E-state index contributed by atoms with van der Waals surface area (Å²) in [5.74, 6) is -0.985. The van der Waals surface area contributed by atoms with E-state index in [1.165, 1.54) is 29.1 Å². The van der Waals surface area contributed by atoms with Crippen molar-refractivity contribution in [3.63, 3.8) is 0 Å². The highest BCUT2D eigenvalue weighted by atomic mass is 35.5. The molecule has 2 bridgehead atoms. The van der Waals surface area contributed by atoms with Crippen LogP contribution in [0.15, 0.2) is 59.1 Å². The van der Waals surface area contributed by atoms with E-state index in [0.717, 1.165) is 37.8 Å². The molecule has 2 amide bonds. The number of hydrogen-bond acceptors (Lipinski definition) is 8. The van der Waals surface area contributed by atoms with E-state index in [1.54, 1.807) is 37.4 Å². The number of carbonyl (C=O) groups excluding carboxylic acids is 3. The number of anilines is 1. The van der Waals surface area contributed by atoms with Gasteiger partial charge in [-0.05, 0) is 97.9 Å². The molecule has 11 nitrogen and oxygen atoms in total. The summed E-state index contributed by atoms with van der Waals surface area (Å²) in [6, 6.07) is 11.3. The van der Waals surface area contributed by atoms with Crippen molar-refractivity contribution in [1.82, 2.24) is 14.5 Å². The number of carbonyl (C=O) groups is 3. The molecule has 7 rings (SSSR count). The van der Waals surface area contributed by atoms with Gasteiger partial charge in [0.1, 0.15) is 21.2 Å². The van der Waals surface area contributed by atoms with E-state index in [2.05, 4.69) is 31.2 Å². The van der Waals surface area contributed by atoms with Crippen LogP contribution in [-0.4, -0.2) is 64.1 Å². The van der Waals surface area contributed by atoms with Crippen molar-refractivity contribution in [3.8, 4) is 11.6 Å². The molecule has 1 N–H and O–H groups in total. The molecular formula is C37H42ClN5O6S. The quantitative estimate of drug-likeness (QED) is 0.365. The van der Waals surface area contributed by atoms with Crippen LogP contribution < -0.4 is 19.1 Å². The molecule has 1 fully saturated rings. The topological polar surface area (TPSA) is 132 Å². The Morgan fingerprint density at radius 1 is 1.18 bits per heavy atom. The fourth-order valence-corrected chi connectivity index (χ4v) is 10.0. The monoisotopic (exact) mass is 719 g/mol. The zero-order valence-corrected chi connectivity index (χ0v) is 30.1. The van der Waals surface area contributed by atoms with Crippen LogP contribution in [0.25, 0.3) is 0 Å². The lowest BCUT2D eigenvalue weighted by molar-refractivity contribution is -0.122. The number of amides is 2. The number of halogens is 1. The molecule has 3 heterocycles. The van der Waals surface area contributed by atoms with Gasteiger partial charge in [0.25, 0.3) is 11.8 Å². The molecule has 50 heavy (non-hydrogen) atoms. The number of nitrogens with one attached hydrogen (secondary N) is 1. The van der Waals surface area contributed by atoms with Gasteiger partial charge >= 0.3 is 0 Å². The highest BCUT2D eigenvalue weighted by Gasteiger charge is 2.44. The van der Waals surface area contributed by atoms with E-state index in [9.17, 15) is 18.6 Å². The van der Waals surface area contributed by atoms with Crippen LogP contribution in [0.3, 0.4) is 0 Å². The number of ketones is 1. The summed E-state index contributed by atoms with van der Waals surface area (Å²) in [7, 11) is -0.621. The van der Waals surface area contributed by atoms with Crippen LogP contribution in [-0.2, 0) is 33.6 Å². The Bertz CT molecular complexity index is 2020. The second kappa shape index (κ2) is 13.5. The van der Waals surface area contributed by atoms with Crippen molar-refractivity contribution in [1.29, 1.82) is 0 Å². The van der Waals surface area contributed by atoms with Gasteiger partial charge < -0.3 is 14.4 Å². The van der Waals surface area contributed by atoms with Crippen molar-refractivity contribution in [2.75, 3.05) is 37.5 Å². The van der Waals surface area contributed by atoms with Crippen molar-refractivity contribution in [2.45, 2.75) is 50.9 Å². The lowest BCUT2D eigenvalue weighted by atomic mass is 9.68. The first-order valence-electron chi connectivity index (χ1n) is 17.2. The fourth-order valence-electron chi connectivity index (χ4n) is 7.95. The van der Waals surface area contributed by atoms with Crippen molar-refractivity contribution in [2.24, 2.45) is 29.2 Å². The third kappa shape index (κ3) is 6.67.